The van der Waals surface area contributed by atoms with E-state index in [1.807, 2.05) is 12.1 Å². The zero-order valence-corrected chi connectivity index (χ0v) is 9.19. The summed E-state index contributed by atoms with van der Waals surface area (Å²) in [4.78, 5) is 12.6. The standard InChI is InChI=1S/C12H15N2O2/c1-2-11(14-7-5-13-6-8-14)10-4-9-15-16-12(10)3-1/h1-3H,4-9H2. The molecular formula is C12H15N2O2. The maximum Gasteiger partial charge on any atom is 0.170 e. The molecular weight excluding hydrogens is 204 g/mol. The van der Waals surface area contributed by atoms with Crippen molar-refractivity contribution in [1.29, 1.82) is 0 Å². The summed E-state index contributed by atoms with van der Waals surface area (Å²) in [6, 6.07) is 6.15. The van der Waals surface area contributed by atoms with E-state index in [0.717, 1.165) is 38.3 Å². The summed E-state index contributed by atoms with van der Waals surface area (Å²) >= 11 is 0. The number of anilines is 1. The molecule has 2 aliphatic heterocycles. The van der Waals surface area contributed by atoms with Gasteiger partial charge in [-0.2, -0.15) is 4.89 Å². The Balaban J connectivity index is 1.93. The van der Waals surface area contributed by atoms with Gasteiger partial charge in [-0.05, 0) is 12.1 Å². The van der Waals surface area contributed by atoms with Gasteiger partial charge >= 0.3 is 0 Å². The third kappa shape index (κ3) is 1.74. The van der Waals surface area contributed by atoms with E-state index in [2.05, 4.69) is 16.3 Å². The third-order valence-electron chi connectivity index (χ3n) is 3.09. The molecule has 85 valence electrons. The minimum absolute atomic E-state index is 0.641. The van der Waals surface area contributed by atoms with Crippen LogP contribution in [-0.2, 0) is 11.3 Å². The Hall–Kier alpha value is -1.26. The molecule has 0 spiro atoms. The van der Waals surface area contributed by atoms with Crippen LogP contribution in [0.1, 0.15) is 5.56 Å². The van der Waals surface area contributed by atoms with Gasteiger partial charge < -0.3 is 9.79 Å². The van der Waals surface area contributed by atoms with Gasteiger partial charge in [0.1, 0.15) is 0 Å². The largest absolute Gasteiger partial charge is 0.369 e. The first-order valence-corrected chi connectivity index (χ1v) is 5.75. The Kier molecular flexibility index (Phi) is 2.68. The highest BCUT2D eigenvalue weighted by atomic mass is 17.2. The lowest BCUT2D eigenvalue weighted by atomic mass is 10.1. The summed E-state index contributed by atoms with van der Waals surface area (Å²) in [5, 5.41) is 4.37. The molecule has 2 aliphatic rings. The molecule has 0 aliphatic carbocycles. The molecule has 3 rings (SSSR count). The molecule has 2 heterocycles. The van der Waals surface area contributed by atoms with Crippen LogP contribution in [0.4, 0.5) is 5.69 Å². The zero-order valence-electron chi connectivity index (χ0n) is 9.19. The van der Waals surface area contributed by atoms with Crippen molar-refractivity contribution in [2.75, 3.05) is 37.7 Å². The second kappa shape index (κ2) is 4.31. The molecule has 0 N–H and O–H groups in total. The van der Waals surface area contributed by atoms with Crippen LogP contribution in [0.25, 0.3) is 0 Å². The van der Waals surface area contributed by atoms with E-state index in [1.165, 1.54) is 11.3 Å². The SMILES string of the molecule is c1cc2c(c(N3CC[N]CC3)c1)CCOO2. The number of hydrogen-bond donors (Lipinski definition) is 0. The Bertz CT molecular complexity index is 375. The van der Waals surface area contributed by atoms with Crippen molar-refractivity contribution in [3.63, 3.8) is 0 Å². The molecule has 4 heteroatoms. The average Bonchev–Trinajstić information content (AvgIpc) is 2.39. The van der Waals surface area contributed by atoms with E-state index in [4.69, 9.17) is 9.78 Å². The molecule has 1 fully saturated rings. The van der Waals surface area contributed by atoms with Crippen LogP contribution in [0.3, 0.4) is 0 Å². The molecule has 1 radical (unpaired) electrons. The predicted molar refractivity (Wildman–Crippen MR) is 60.8 cm³/mol. The van der Waals surface area contributed by atoms with Gasteiger partial charge in [0.2, 0.25) is 0 Å². The maximum absolute atomic E-state index is 5.20. The van der Waals surface area contributed by atoms with Gasteiger partial charge in [0.15, 0.2) is 5.75 Å². The predicted octanol–water partition coefficient (Wildman–Crippen LogP) is 0.977. The van der Waals surface area contributed by atoms with E-state index in [9.17, 15) is 0 Å². The summed E-state index contributed by atoms with van der Waals surface area (Å²) in [5.74, 6) is 0.867. The van der Waals surface area contributed by atoms with Crippen molar-refractivity contribution >= 4 is 5.69 Å². The van der Waals surface area contributed by atoms with Gasteiger partial charge in [-0.15, -0.1) is 0 Å². The van der Waals surface area contributed by atoms with E-state index >= 15 is 0 Å². The lowest BCUT2D eigenvalue weighted by Gasteiger charge is -2.31. The second-order valence-electron chi connectivity index (χ2n) is 4.07. The third-order valence-corrected chi connectivity index (χ3v) is 3.09. The number of fused-ring (bicyclic) bond motifs is 1. The molecule has 0 amide bonds. The summed E-state index contributed by atoms with van der Waals surface area (Å²) in [7, 11) is 0. The monoisotopic (exact) mass is 219 g/mol. The molecule has 0 atom stereocenters. The lowest BCUT2D eigenvalue weighted by molar-refractivity contribution is -0.215. The first kappa shape index (κ1) is 9.93. The molecule has 1 aromatic rings. The molecule has 4 nitrogen and oxygen atoms in total. The van der Waals surface area contributed by atoms with Gasteiger partial charge in [0.05, 0.1) is 6.61 Å². The minimum Gasteiger partial charge on any atom is -0.369 e. The molecule has 0 saturated carbocycles. The van der Waals surface area contributed by atoms with Gasteiger partial charge in [-0.25, -0.2) is 5.32 Å². The Morgan fingerprint density at radius 2 is 2.06 bits per heavy atom. The Morgan fingerprint density at radius 1 is 1.19 bits per heavy atom. The molecule has 1 saturated heterocycles. The number of nitrogens with zero attached hydrogens (tertiary/aromatic N) is 2. The molecule has 16 heavy (non-hydrogen) atoms. The fourth-order valence-corrected chi connectivity index (χ4v) is 2.28. The van der Waals surface area contributed by atoms with Crippen molar-refractivity contribution < 1.29 is 9.78 Å². The maximum atomic E-state index is 5.20. The van der Waals surface area contributed by atoms with Crippen molar-refractivity contribution in [2.45, 2.75) is 6.42 Å². The minimum atomic E-state index is 0.641. The van der Waals surface area contributed by atoms with Crippen molar-refractivity contribution in [3.8, 4) is 5.75 Å². The fraction of sp³-hybridized carbons (Fsp3) is 0.500. The first-order valence-electron chi connectivity index (χ1n) is 5.75. The highest BCUT2D eigenvalue weighted by Crippen LogP contribution is 2.32. The molecule has 0 aromatic heterocycles. The number of benzene rings is 1. The van der Waals surface area contributed by atoms with Crippen LogP contribution in [0.2, 0.25) is 0 Å². The topological polar surface area (TPSA) is 35.8 Å². The Morgan fingerprint density at radius 3 is 2.94 bits per heavy atom. The van der Waals surface area contributed by atoms with Crippen LogP contribution in [0.15, 0.2) is 18.2 Å². The first-order chi connectivity index (χ1) is 7.95. The van der Waals surface area contributed by atoms with Gasteiger partial charge in [0, 0.05) is 43.9 Å². The molecule has 0 unspecified atom stereocenters. The van der Waals surface area contributed by atoms with Gasteiger partial charge in [-0.3, -0.25) is 0 Å². The van der Waals surface area contributed by atoms with Crippen LogP contribution in [0, 0.1) is 0 Å². The Labute approximate surface area is 95.1 Å². The summed E-state index contributed by atoms with van der Waals surface area (Å²) in [6.45, 7) is 4.53. The average molecular weight is 219 g/mol. The molecule has 1 aromatic carbocycles. The zero-order chi connectivity index (χ0) is 10.8. The van der Waals surface area contributed by atoms with Crippen molar-refractivity contribution in [3.05, 3.63) is 23.8 Å². The number of piperazine rings is 1. The highest BCUT2D eigenvalue weighted by molar-refractivity contribution is 5.60. The summed E-state index contributed by atoms with van der Waals surface area (Å²) in [5.41, 5.74) is 2.56. The second-order valence-corrected chi connectivity index (χ2v) is 4.07. The summed E-state index contributed by atoms with van der Waals surface area (Å²) in [6.07, 6.45) is 0.930. The van der Waals surface area contributed by atoms with Gasteiger partial charge in [0.25, 0.3) is 0 Å². The highest BCUT2D eigenvalue weighted by Gasteiger charge is 2.20. The number of hydrogen-bond acceptors (Lipinski definition) is 3. The van der Waals surface area contributed by atoms with Gasteiger partial charge in [-0.1, -0.05) is 6.07 Å². The normalized spacial score (nSPS) is 20.1. The van der Waals surface area contributed by atoms with E-state index < -0.39 is 0 Å². The van der Waals surface area contributed by atoms with E-state index in [-0.39, 0.29) is 0 Å². The van der Waals surface area contributed by atoms with Crippen molar-refractivity contribution in [1.82, 2.24) is 5.32 Å². The van der Waals surface area contributed by atoms with Crippen LogP contribution in [-0.4, -0.2) is 32.8 Å². The van der Waals surface area contributed by atoms with E-state index in [1.54, 1.807) is 0 Å². The van der Waals surface area contributed by atoms with Crippen LogP contribution in [0.5, 0.6) is 5.75 Å². The summed E-state index contributed by atoms with van der Waals surface area (Å²) < 4.78 is 0. The quantitative estimate of drug-likeness (QED) is 0.660. The lowest BCUT2D eigenvalue weighted by Crippen LogP contribution is -2.40. The smallest absolute Gasteiger partial charge is 0.170 e. The van der Waals surface area contributed by atoms with Crippen molar-refractivity contribution in [2.24, 2.45) is 0 Å². The van der Waals surface area contributed by atoms with E-state index in [0.29, 0.717) is 6.61 Å². The van der Waals surface area contributed by atoms with Crippen LogP contribution >= 0.6 is 0 Å². The molecule has 0 bridgehead atoms. The fourth-order valence-electron chi connectivity index (χ4n) is 2.28. The number of rotatable bonds is 1. The van der Waals surface area contributed by atoms with Crippen LogP contribution < -0.4 is 15.1 Å².